The molecule has 30 heavy (non-hydrogen) atoms. The van der Waals surface area contributed by atoms with Gasteiger partial charge in [-0.3, -0.25) is 4.79 Å². The van der Waals surface area contributed by atoms with Crippen molar-refractivity contribution in [3.8, 4) is 5.75 Å². The van der Waals surface area contributed by atoms with E-state index in [4.69, 9.17) is 9.15 Å². The second kappa shape index (κ2) is 9.59. The predicted octanol–water partition coefficient (Wildman–Crippen LogP) is 3.67. The number of aliphatic hydroxyl groups excluding tert-OH is 1. The lowest BCUT2D eigenvalue weighted by Gasteiger charge is -2.18. The summed E-state index contributed by atoms with van der Waals surface area (Å²) in [5, 5.41) is 13.8. The van der Waals surface area contributed by atoms with Crippen LogP contribution in [-0.2, 0) is 11.2 Å². The van der Waals surface area contributed by atoms with Crippen molar-refractivity contribution in [1.82, 2.24) is 5.32 Å². The summed E-state index contributed by atoms with van der Waals surface area (Å²) in [5.41, 5.74) is 2.43. The molecule has 1 amide bonds. The van der Waals surface area contributed by atoms with Crippen molar-refractivity contribution in [1.29, 1.82) is 0 Å². The number of ether oxygens (including phenoxy) is 1. The minimum Gasteiger partial charge on any atom is -0.480 e. The maximum absolute atomic E-state index is 12.4. The van der Waals surface area contributed by atoms with E-state index in [1.165, 1.54) is 6.07 Å². The number of nitrogens with one attached hydrogen (secondary N) is 1. The Balaban J connectivity index is 1.71. The zero-order valence-corrected chi connectivity index (χ0v) is 17.5. The largest absolute Gasteiger partial charge is 0.480 e. The molecule has 0 unspecified atom stereocenters. The summed E-state index contributed by atoms with van der Waals surface area (Å²) >= 11 is 0. The van der Waals surface area contributed by atoms with Crippen LogP contribution in [0.25, 0.3) is 11.0 Å². The van der Waals surface area contributed by atoms with Crippen molar-refractivity contribution in [2.45, 2.75) is 45.8 Å². The van der Waals surface area contributed by atoms with E-state index in [9.17, 15) is 14.7 Å². The Morgan fingerprint density at radius 2 is 1.93 bits per heavy atom. The highest BCUT2D eigenvalue weighted by Crippen LogP contribution is 2.29. The Labute approximate surface area is 175 Å². The number of amides is 1. The van der Waals surface area contributed by atoms with Gasteiger partial charge in [-0.2, -0.15) is 0 Å². The van der Waals surface area contributed by atoms with Gasteiger partial charge in [-0.15, -0.1) is 0 Å². The predicted molar refractivity (Wildman–Crippen MR) is 116 cm³/mol. The molecule has 0 radical (unpaired) electrons. The van der Waals surface area contributed by atoms with Crippen LogP contribution in [0.1, 0.15) is 43.1 Å². The number of fused-ring (bicyclic) bond motifs is 1. The SMILES string of the molecule is CCCc1cc(=O)oc2c(C)c(O[C@@H](C)C(=O)NC[C@@H](O)c3ccccc3)ccc12. The summed E-state index contributed by atoms with van der Waals surface area (Å²) in [5.74, 6) is 0.135. The maximum Gasteiger partial charge on any atom is 0.336 e. The molecule has 2 N–H and O–H groups in total. The molecule has 0 saturated carbocycles. The van der Waals surface area contributed by atoms with Crippen LogP contribution in [0.3, 0.4) is 0 Å². The van der Waals surface area contributed by atoms with Crippen molar-refractivity contribution in [3.05, 3.63) is 75.6 Å². The van der Waals surface area contributed by atoms with Gasteiger partial charge in [-0.05, 0) is 43.5 Å². The molecule has 0 spiro atoms. The number of carbonyl (C=O) groups is 1. The first kappa shape index (κ1) is 21.6. The summed E-state index contributed by atoms with van der Waals surface area (Å²) in [7, 11) is 0. The average Bonchev–Trinajstić information content (AvgIpc) is 2.74. The van der Waals surface area contributed by atoms with Gasteiger partial charge >= 0.3 is 5.63 Å². The van der Waals surface area contributed by atoms with Crippen LogP contribution in [0, 0.1) is 6.92 Å². The molecule has 0 saturated heterocycles. The summed E-state index contributed by atoms with van der Waals surface area (Å²) in [6.45, 7) is 5.58. The van der Waals surface area contributed by atoms with Crippen LogP contribution in [0.4, 0.5) is 0 Å². The van der Waals surface area contributed by atoms with Gasteiger partial charge in [-0.25, -0.2) is 4.79 Å². The van der Waals surface area contributed by atoms with Gasteiger partial charge in [0.2, 0.25) is 0 Å². The summed E-state index contributed by atoms with van der Waals surface area (Å²) in [6.07, 6.45) is 0.123. The molecule has 2 atom stereocenters. The van der Waals surface area contributed by atoms with Crippen LogP contribution >= 0.6 is 0 Å². The van der Waals surface area contributed by atoms with Gasteiger partial charge < -0.3 is 19.6 Å². The lowest BCUT2D eigenvalue weighted by Crippen LogP contribution is -2.38. The monoisotopic (exact) mass is 409 g/mol. The summed E-state index contributed by atoms with van der Waals surface area (Å²) in [6, 6.07) is 14.3. The molecule has 3 aromatic rings. The van der Waals surface area contributed by atoms with Crippen LogP contribution in [0.2, 0.25) is 0 Å². The quantitative estimate of drug-likeness (QED) is 0.554. The van der Waals surface area contributed by atoms with Gasteiger partial charge in [0.15, 0.2) is 6.10 Å². The number of carbonyl (C=O) groups excluding carboxylic acids is 1. The van der Waals surface area contributed by atoms with Crippen molar-refractivity contribution >= 4 is 16.9 Å². The third-order valence-electron chi connectivity index (χ3n) is 5.04. The fourth-order valence-electron chi connectivity index (χ4n) is 3.39. The van der Waals surface area contributed by atoms with Gasteiger partial charge in [0, 0.05) is 23.6 Å². The number of aryl methyl sites for hydroxylation is 2. The molecule has 6 nitrogen and oxygen atoms in total. The Hall–Kier alpha value is -3.12. The van der Waals surface area contributed by atoms with E-state index in [0.29, 0.717) is 16.9 Å². The number of hydrogen-bond donors (Lipinski definition) is 2. The number of rotatable bonds is 8. The molecule has 2 aromatic carbocycles. The molecule has 158 valence electrons. The molecule has 6 heteroatoms. The van der Waals surface area contributed by atoms with Gasteiger partial charge in [-0.1, -0.05) is 43.7 Å². The number of benzene rings is 2. The molecule has 0 aliphatic rings. The van der Waals surface area contributed by atoms with E-state index >= 15 is 0 Å². The van der Waals surface area contributed by atoms with E-state index < -0.39 is 17.8 Å². The first-order valence-electron chi connectivity index (χ1n) is 10.1. The highest BCUT2D eigenvalue weighted by molar-refractivity contribution is 5.85. The Kier molecular flexibility index (Phi) is 6.90. The fraction of sp³-hybridized carbons (Fsp3) is 0.333. The third-order valence-corrected chi connectivity index (χ3v) is 5.04. The molecular weight excluding hydrogens is 382 g/mol. The molecule has 0 aliphatic carbocycles. The normalized spacial score (nSPS) is 13.1. The van der Waals surface area contributed by atoms with Crippen LogP contribution in [0.15, 0.2) is 57.7 Å². The Morgan fingerprint density at radius 3 is 2.63 bits per heavy atom. The smallest absolute Gasteiger partial charge is 0.336 e. The van der Waals surface area contributed by atoms with Crippen LogP contribution in [0.5, 0.6) is 5.75 Å². The Bertz CT molecular complexity index is 1070. The molecular formula is C24H27NO5. The topological polar surface area (TPSA) is 88.8 Å². The standard InChI is InChI=1S/C24H27NO5/c1-4-8-18-13-22(27)30-23-15(2)21(12-11-19(18)23)29-16(3)24(28)25-14-20(26)17-9-6-5-7-10-17/h5-7,9-13,16,20,26H,4,8,14H2,1-3H3,(H,25,28)/t16-,20+/m0/s1. The summed E-state index contributed by atoms with van der Waals surface area (Å²) in [4.78, 5) is 24.4. The second-order valence-corrected chi connectivity index (χ2v) is 7.34. The second-order valence-electron chi connectivity index (χ2n) is 7.34. The zero-order chi connectivity index (χ0) is 21.7. The van der Waals surface area contributed by atoms with E-state index in [1.54, 1.807) is 32.0 Å². The molecule has 0 bridgehead atoms. The first-order valence-corrected chi connectivity index (χ1v) is 10.1. The van der Waals surface area contributed by atoms with E-state index in [-0.39, 0.29) is 12.5 Å². The third kappa shape index (κ3) is 4.89. The first-order chi connectivity index (χ1) is 14.4. The van der Waals surface area contributed by atoms with E-state index in [1.807, 2.05) is 24.3 Å². The molecule has 3 rings (SSSR count). The molecule has 0 aliphatic heterocycles. The number of aliphatic hydroxyl groups is 1. The van der Waals surface area contributed by atoms with Crippen molar-refractivity contribution in [2.75, 3.05) is 6.54 Å². The lowest BCUT2D eigenvalue weighted by atomic mass is 10.0. The van der Waals surface area contributed by atoms with Gasteiger partial charge in [0.05, 0.1) is 6.10 Å². The molecule has 0 fully saturated rings. The van der Waals surface area contributed by atoms with Crippen molar-refractivity contribution in [2.24, 2.45) is 0 Å². The number of hydrogen-bond acceptors (Lipinski definition) is 5. The van der Waals surface area contributed by atoms with Crippen molar-refractivity contribution in [3.63, 3.8) is 0 Å². The highest BCUT2D eigenvalue weighted by Gasteiger charge is 2.19. The highest BCUT2D eigenvalue weighted by atomic mass is 16.5. The molecule has 1 heterocycles. The summed E-state index contributed by atoms with van der Waals surface area (Å²) < 4.78 is 11.3. The maximum atomic E-state index is 12.4. The molecule has 1 aromatic heterocycles. The van der Waals surface area contributed by atoms with E-state index in [0.717, 1.165) is 29.4 Å². The van der Waals surface area contributed by atoms with E-state index in [2.05, 4.69) is 12.2 Å². The van der Waals surface area contributed by atoms with Gasteiger partial charge in [0.1, 0.15) is 11.3 Å². The van der Waals surface area contributed by atoms with Crippen LogP contribution < -0.4 is 15.7 Å². The fourth-order valence-corrected chi connectivity index (χ4v) is 3.39. The average molecular weight is 409 g/mol. The lowest BCUT2D eigenvalue weighted by molar-refractivity contribution is -0.127. The van der Waals surface area contributed by atoms with Crippen molar-refractivity contribution < 1.29 is 19.1 Å². The minimum atomic E-state index is -0.795. The minimum absolute atomic E-state index is 0.0858. The van der Waals surface area contributed by atoms with Gasteiger partial charge in [0.25, 0.3) is 5.91 Å². The van der Waals surface area contributed by atoms with Crippen LogP contribution in [-0.4, -0.2) is 23.7 Å². The Morgan fingerprint density at radius 1 is 1.20 bits per heavy atom. The zero-order valence-electron chi connectivity index (χ0n) is 17.5.